The van der Waals surface area contributed by atoms with E-state index in [0.717, 1.165) is 5.56 Å². The summed E-state index contributed by atoms with van der Waals surface area (Å²) in [7, 11) is 0. The van der Waals surface area contributed by atoms with Crippen LogP contribution < -0.4 is 5.43 Å². The van der Waals surface area contributed by atoms with Crippen LogP contribution in [0.2, 0.25) is 0 Å². The summed E-state index contributed by atoms with van der Waals surface area (Å²) in [5.74, 6) is 0. The molecular weight excluding hydrogens is 182 g/mol. The normalized spacial score (nSPS) is 12.1. The molecule has 76 valence electrons. The number of aliphatic hydroxyl groups is 1. The van der Waals surface area contributed by atoms with E-state index >= 15 is 0 Å². The van der Waals surface area contributed by atoms with Gasteiger partial charge in [-0.2, -0.15) is 0 Å². The first-order valence-corrected chi connectivity index (χ1v) is 4.48. The number of aromatic nitrogens is 1. The van der Waals surface area contributed by atoms with Crippen molar-refractivity contribution >= 4 is 0 Å². The molecule has 1 rings (SSSR count). The second-order valence-corrected chi connectivity index (χ2v) is 2.94. The lowest BCUT2D eigenvalue weighted by Gasteiger charge is -2.09. The zero-order chi connectivity index (χ0) is 10.2. The molecule has 0 aliphatic carbocycles. The molecular formula is C9H13N3O2. The van der Waals surface area contributed by atoms with E-state index in [2.05, 4.69) is 15.7 Å². The van der Waals surface area contributed by atoms with Crippen molar-refractivity contribution in [3.05, 3.63) is 35.0 Å². The van der Waals surface area contributed by atoms with Gasteiger partial charge in [-0.15, -0.1) is 4.91 Å². The van der Waals surface area contributed by atoms with Gasteiger partial charge in [0, 0.05) is 24.2 Å². The first-order valence-electron chi connectivity index (χ1n) is 4.48. The molecule has 1 unspecified atom stereocenters. The molecule has 0 fully saturated rings. The molecule has 5 heteroatoms. The fraction of sp³-hybridized carbons (Fsp3) is 0.444. The number of nitrogens with zero attached hydrogens (tertiary/aromatic N) is 2. The number of nitroso groups, excluding NO2 is 1. The minimum absolute atomic E-state index is 0.487. The summed E-state index contributed by atoms with van der Waals surface area (Å²) < 4.78 is 0. The van der Waals surface area contributed by atoms with Gasteiger partial charge in [0.05, 0.1) is 6.10 Å². The summed E-state index contributed by atoms with van der Waals surface area (Å²) >= 11 is 0. The molecule has 1 aromatic rings. The Labute approximate surface area is 82.1 Å². The second-order valence-electron chi connectivity index (χ2n) is 2.94. The van der Waals surface area contributed by atoms with Gasteiger partial charge in [-0.05, 0) is 24.5 Å². The molecule has 0 amide bonds. The minimum atomic E-state index is -0.517. The summed E-state index contributed by atoms with van der Waals surface area (Å²) in [6.45, 7) is 0.487. The highest BCUT2D eigenvalue weighted by Gasteiger charge is 2.05. The van der Waals surface area contributed by atoms with Crippen LogP contribution in [0.5, 0.6) is 0 Å². The van der Waals surface area contributed by atoms with Crippen LogP contribution in [0.1, 0.15) is 24.5 Å². The highest BCUT2D eigenvalue weighted by atomic mass is 16.3. The first kappa shape index (κ1) is 10.6. The topological polar surface area (TPSA) is 74.6 Å². The molecule has 0 saturated carbocycles. The summed E-state index contributed by atoms with van der Waals surface area (Å²) in [6.07, 6.45) is 4.07. The van der Waals surface area contributed by atoms with Gasteiger partial charge >= 0.3 is 0 Å². The minimum Gasteiger partial charge on any atom is -0.388 e. The van der Waals surface area contributed by atoms with Gasteiger partial charge in [0.15, 0.2) is 0 Å². The predicted molar refractivity (Wildman–Crippen MR) is 52.2 cm³/mol. The second kappa shape index (κ2) is 6.04. The third-order valence-electron chi connectivity index (χ3n) is 1.90. The third-order valence-corrected chi connectivity index (χ3v) is 1.90. The van der Waals surface area contributed by atoms with E-state index in [1.165, 1.54) is 0 Å². The lowest BCUT2D eigenvalue weighted by atomic mass is 10.1. The van der Waals surface area contributed by atoms with Crippen molar-refractivity contribution in [2.45, 2.75) is 18.9 Å². The maximum Gasteiger partial charge on any atom is 0.0805 e. The van der Waals surface area contributed by atoms with Crippen LogP contribution in [-0.4, -0.2) is 16.6 Å². The quantitative estimate of drug-likeness (QED) is 0.406. The summed E-state index contributed by atoms with van der Waals surface area (Å²) in [6, 6.07) is 3.60. The van der Waals surface area contributed by atoms with Crippen LogP contribution in [0.3, 0.4) is 0 Å². The SMILES string of the molecule is O=NNCCCC(O)c1cccnc1. The van der Waals surface area contributed by atoms with Crippen molar-refractivity contribution in [2.24, 2.45) is 5.29 Å². The van der Waals surface area contributed by atoms with Crippen molar-refractivity contribution in [1.82, 2.24) is 10.4 Å². The van der Waals surface area contributed by atoms with E-state index in [0.29, 0.717) is 19.4 Å². The van der Waals surface area contributed by atoms with E-state index in [1.54, 1.807) is 18.5 Å². The zero-order valence-electron chi connectivity index (χ0n) is 7.76. The number of aliphatic hydroxyl groups excluding tert-OH is 1. The molecule has 0 radical (unpaired) electrons. The zero-order valence-corrected chi connectivity index (χ0v) is 7.76. The van der Waals surface area contributed by atoms with Gasteiger partial charge in [-0.1, -0.05) is 6.07 Å². The Morgan fingerprint density at radius 3 is 3.14 bits per heavy atom. The van der Waals surface area contributed by atoms with Crippen molar-refractivity contribution < 1.29 is 5.11 Å². The van der Waals surface area contributed by atoms with Gasteiger partial charge in [0.2, 0.25) is 0 Å². The van der Waals surface area contributed by atoms with E-state index in [9.17, 15) is 10.0 Å². The molecule has 1 atom stereocenters. The van der Waals surface area contributed by atoms with Crippen LogP contribution in [0.25, 0.3) is 0 Å². The lowest BCUT2D eigenvalue weighted by Crippen LogP contribution is -2.08. The molecule has 0 aliphatic rings. The fourth-order valence-corrected chi connectivity index (χ4v) is 1.16. The smallest absolute Gasteiger partial charge is 0.0805 e. The number of rotatable bonds is 6. The molecule has 1 heterocycles. The Hall–Kier alpha value is -1.49. The molecule has 0 aromatic carbocycles. The Bertz CT molecular complexity index is 266. The molecule has 14 heavy (non-hydrogen) atoms. The first-order chi connectivity index (χ1) is 6.84. The van der Waals surface area contributed by atoms with Crippen LogP contribution in [0.15, 0.2) is 29.8 Å². The molecule has 2 N–H and O–H groups in total. The van der Waals surface area contributed by atoms with Crippen molar-refractivity contribution in [3.63, 3.8) is 0 Å². The van der Waals surface area contributed by atoms with E-state index in [4.69, 9.17) is 0 Å². The summed E-state index contributed by atoms with van der Waals surface area (Å²) in [5.41, 5.74) is 3.10. The molecule has 0 aliphatic heterocycles. The van der Waals surface area contributed by atoms with Crippen LogP contribution >= 0.6 is 0 Å². The Kier molecular flexibility index (Phi) is 4.57. The maximum atomic E-state index is 9.69. The highest BCUT2D eigenvalue weighted by molar-refractivity contribution is 5.11. The van der Waals surface area contributed by atoms with Crippen molar-refractivity contribution in [3.8, 4) is 0 Å². The largest absolute Gasteiger partial charge is 0.388 e. The third kappa shape index (κ3) is 3.49. The van der Waals surface area contributed by atoms with E-state index in [1.807, 2.05) is 6.07 Å². The van der Waals surface area contributed by atoms with Gasteiger partial charge < -0.3 is 5.11 Å². The summed E-state index contributed by atoms with van der Waals surface area (Å²) in [4.78, 5) is 13.6. The lowest BCUT2D eigenvalue weighted by molar-refractivity contribution is 0.164. The average molecular weight is 195 g/mol. The predicted octanol–water partition coefficient (Wildman–Crippen LogP) is 1.17. The van der Waals surface area contributed by atoms with Crippen molar-refractivity contribution in [2.75, 3.05) is 6.54 Å². The molecule has 1 aromatic heterocycles. The molecule has 0 spiro atoms. The monoisotopic (exact) mass is 195 g/mol. The van der Waals surface area contributed by atoms with Gasteiger partial charge in [-0.3, -0.25) is 10.4 Å². The van der Waals surface area contributed by atoms with Gasteiger partial charge in [0.1, 0.15) is 0 Å². The molecule has 0 saturated heterocycles. The molecule has 0 bridgehead atoms. The molecule has 5 nitrogen and oxygen atoms in total. The summed E-state index contributed by atoms with van der Waals surface area (Å²) in [5, 5.41) is 12.2. The van der Waals surface area contributed by atoms with Gasteiger partial charge in [0.25, 0.3) is 0 Å². The van der Waals surface area contributed by atoms with Crippen LogP contribution in [0.4, 0.5) is 0 Å². The van der Waals surface area contributed by atoms with E-state index < -0.39 is 6.10 Å². The van der Waals surface area contributed by atoms with Crippen LogP contribution in [0, 0.1) is 4.91 Å². The van der Waals surface area contributed by atoms with Gasteiger partial charge in [-0.25, -0.2) is 0 Å². The fourth-order valence-electron chi connectivity index (χ4n) is 1.16. The number of nitrogens with one attached hydrogen (secondary N) is 1. The number of pyridine rings is 1. The average Bonchev–Trinajstić information content (AvgIpc) is 2.25. The van der Waals surface area contributed by atoms with Crippen molar-refractivity contribution in [1.29, 1.82) is 0 Å². The number of hydrogen-bond acceptors (Lipinski definition) is 4. The Morgan fingerprint density at radius 2 is 2.50 bits per heavy atom. The van der Waals surface area contributed by atoms with Crippen LogP contribution in [-0.2, 0) is 0 Å². The standard InChI is InChI=1S/C9H13N3O2/c13-9(4-2-6-11-12-14)8-3-1-5-10-7-8/h1,3,5,7,9,13H,2,4,6H2,(H,11,14). The maximum absolute atomic E-state index is 9.69. The Morgan fingerprint density at radius 1 is 1.64 bits per heavy atom. The van der Waals surface area contributed by atoms with E-state index in [-0.39, 0.29) is 0 Å². The highest BCUT2D eigenvalue weighted by Crippen LogP contribution is 2.15. The number of hydrogen-bond donors (Lipinski definition) is 2. The Balaban J connectivity index is 2.28.